The van der Waals surface area contributed by atoms with Crippen LogP contribution >= 0.6 is 0 Å². The number of carbonyl (C=O) groups is 2. The molecule has 1 fully saturated rings. The van der Waals surface area contributed by atoms with E-state index in [1.807, 2.05) is 24.9 Å². The van der Waals surface area contributed by atoms with E-state index >= 15 is 0 Å². The number of fused-ring (bicyclic) bond motifs is 1. The number of benzene rings is 1. The van der Waals surface area contributed by atoms with Crippen LogP contribution in [0.5, 0.6) is 0 Å². The van der Waals surface area contributed by atoms with Gasteiger partial charge in [0, 0.05) is 55.6 Å². The lowest BCUT2D eigenvalue weighted by atomic mass is 9.97. The molecule has 3 aromatic rings. The monoisotopic (exact) mass is 516 g/mol. The van der Waals surface area contributed by atoms with Crippen molar-refractivity contribution in [3.63, 3.8) is 0 Å². The van der Waals surface area contributed by atoms with Gasteiger partial charge in [-0.15, -0.1) is 0 Å². The first-order valence-electron chi connectivity index (χ1n) is 12.7. The van der Waals surface area contributed by atoms with E-state index in [0.29, 0.717) is 47.3 Å². The zero-order chi connectivity index (χ0) is 27.4. The Hall–Kier alpha value is -4.05. The smallest absolute Gasteiger partial charge is 0.254 e. The lowest BCUT2D eigenvalue weighted by molar-refractivity contribution is -0.111. The number of amides is 2. The minimum absolute atomic E-state index is 0.0629. The number of carbonyl (C=O) groups excluding carboxylic acids is 2. The average Bonchev–Trinajstić information content (AvgIpc) is 2.88. The fourth-order valence-electron chi connectivity index (χ4n) is 4.09. The van der Waals surface area contributed by atoms with Crippen LogP contribution in [0.25, 0.3) is 10.9 Å². The molecule has 38 heavy (non-hydrogen) atoms. The van der Waals surface area contributed by atoms with E-state index in [1.165, 1.54) is 6.08 Å². The predicted octanol–water partition coefficient (Wildman–Crippen LogP) is 4.05. The summed E-state index contributed by atoms with van der Waals surface area (Å²) in [6.07, 6.45) is 2.93. The number of anilines is 4. The normalized spacial score (nSPS) is 14.3. The summed E-state index contributed by atoms with van der Waals surface area (Å²) in [5.74, 6) is 0.574. The number of nitrogens with one attached hydrogen (secondary N) is 3. The van der Waals surface area contributed by atoms with Crippen LogP contribution < -0.4 is 16.0 Å². The molecule has 200 valence electrons. The van der Waals surface area contributed by atoms with Crippen molar-refractivity contribution >= 4 is 45.9 Å². The van der Waals surface area contributed by atoms with Crippen LogP contribution in [-0.4, -0.2) is 76.3 Å². The lowest BCUT2D eigenvalue weighted by Crippen LogP contribution is -2.47. The summed E-state index contributed by atoms with van der Waals surface area (Å²) < 4.78 is 0. The summed E-state index contributed by atoms with van der Waals surface area (Å²) in [5.41, 5.74) is 3.11. The zero-order valence-corrected chi connectivity index (χ0v) is 22.8. The number of pyridine rings is 1. The number of aromatic nitrogens is 3. The summed E-state index contributed by atoms with van der Waals surface area (Å²) in [7, 11) is 2.04. The summed E-state index contributed by atoms with van der Waals surface area (Å²) in [6, 6.07) is 7.11. The topological polar surface area (TPSA) is 115 Å². The molecule has 1 aliphatic heterocycles. The molecule has 10 nitrogen and oxygen atoms in total. The molecular weight excluding hydrogens is 480 g/mol. The molecule has 10 heteroatoms. The maximum absolute atomic E-state index is 13.1. The first kappa shape index (κ1) is 27.0. The molecule has 0 unspecified atom stereocenters. The molecule has 0 radical (unpaired) electrons. The Balaban J connectivity index is 1.64. The molecular formula is C28H36N8O2. The Morgan fingerprint density at radius 1 is 1.08 bits per heavy atom. The predicted molar refractivity (Wildman–Crippen MR) is 152 cm³/mol. The van der Waals surface area contributed by atoms with Gasteiger partial charge in [-0.05, 0) is 49.7 Å². The number of rotatable bonds is 7. The number of piperazine rings is 1. The summed E-state index contributed by atoms with van der Waals surface area (Å²) in [4.78, 5) is 43.2. The summed E-state index contributed by atoms with van der Waals surface area (Å²) in [6.45, 7) is 15.6. The van der Waals surface area contributed by atoms with Crippen molar-refractivity contribution in [1.29, 1.82) is 0 Å². The fourth-order valence-corrected chi connectivity index (χ4v) is 4.09. The second kappa shape index (κ2) is 11.1. The van der Waals surface area contributed by atoms with Gasteiger partial charge in [0.25, 0.3) is 5.91 Å². The largest absolute Gasteiger partial charge is 0.368 e. The highest BCUT2D eigenvalue weighted by atomic mass is 16.2. The number of hydrogen-bond donors (Lipinski definition) is 3. The van der Waals surface area contributed by atoms with Gasteiger partial charge in [-0.2, -0.15) is 0 Å². The highest BCUT2D eigenvalue weighted by Crippen LogP contribution is 2.29. The Labute approximate surface area is 223 Å². The van der Waals surface area contributed by atoms with E-state index < -0.39 is 0 Å². The van der Waals surface area contributed by atoms with Gasteiger partial charge < -0.3 is 25.8 Å². The number of nitrogens with zero attached hydrogens (tertiary/aromatic N) is 5. The van der Waals surface area contributed by atoms with Gasteiger partial charge >= 0.3 is 0 Å². The zero-order valence-electron chi connectivity index (χ0n) is 22.8. The summed E-state index contributed by atoms with van der Waals surface area (Å²) in [5, 5.41) is 10.3. The van der Waals surface area contributed by atoms with Gasteiger partial charge in [-0.25, -0.2) is 15.0 Å². The molecule has 1 aromatic carbocycles. The van der Waals surface area contributed by atoms with Crippen LogP contribution in [0.15, 0.2) is 43.1 Å². The van der Waals surface area contributed by atoms with E-state index in [2.05, 4.69) is 58.2 Å². The van der Waals surface area contributed by atoms with Crippen molar-refractivity contribution in [2.24, 2.45) is 5.41 Å². The van der Waals surface area contributed by atoms with Crippen molar-refractivity contribution in [2.75, 3.05) is 55.7 Å². The van der Waals surface area contributed by atoms with Crippen molar-refractivity contribution in [3.05, 3.63) is 54.4 Å². The Morgan fingerprint density at radius 3 is 2.50 bits per heavy atom. The molecule has 0 bridgehead atoms. The molecule has 2 aromatic heterocycles. The van der Waals surface area contributed by atoms with E-state index in [1.54, 1.807) is 24.4 Å². The van der Waals surface area contributed by atoms with Crippen molar-refractivity contribution in [3.8, 4) is 0 Å². The van der Waals surface area contributed by atoms with Crippen molar-refractivity contribution < 1.29 is 9.59 Å². The standard InChI is InChI=1S/C28H36N8O2/c1-7-23(37)32-22-15-19(26(38)36-12-10-35(6)11-13-36)8-9-21(22)33-27-29-16-20-14-18(2)31-25(24(20)34-27)30-17-28(3,4)5/h7-9,14-16H,1,10-13,17H2,2-6H3,(H,30,31)(H,32,37)(H,29,33,34). The van der Waals surface area contributed by atoms with Gasteiger partial charge in [-0.1, -0.05) is 27.4 Å². The molecule has 4 rings (SSSR count). The second-order valence-corrected chi connectivity index (χ2v) is 10.8. The Kier molecular flexibility index (Phi) is 7.91. The van der Waals surface area contributed by atoms with E-state index in [-0.39, 0.29) is 17.2 Å². The van der Waals surface area contributed by atoms with Gasteiger partial charge in [-0.3, -0.25) is 9.59 Å². The maximum atomic E-state index is 13.1. The third-order valence-corrected chi connectivity index (χ3v) is 6.23. The van der Waals surface area contributed by atoms with Crippen LogP contribution in [0, 0.1) is 12.3 Å². The van der Waals surface area contributed by atoms with E-state index in [9.17, 15) is 9.59 Å². The number of likely N-dealkylation sites (N-methyl/N-ethyl adjacent to an activating group) is 1. The average molecular weight is 517 g/mol. The van der Waals surface area contributed by atoms with Gasteiger partial charge in [0.1, 0.15) is 5.52 Å². The molecule has 0 spiro atoms. The Bertz CT molecular complexity index is 1360. The van der Waals surface area contributed by atoms with E-state index in [0.717, 1.165) is 30.7 Å². The quantitative estimate of drug-likeness (QED) is 0.403. The number of hydrogen-bond acceptors (Lipinski definition) is 8. The summed E-state index contributed by atoms with van der Waals surface area (Å²) >= 11 is 0. The van der Waals surface area contributed by atoms with Crippen molar-refractivity contribution in [2.45, 2.75) is 27.7 Å². The molecule has 0 aliphatic carbocycles. The minimum atomic E-state index is -0.384. The van der Waals surface area contributed by atoms with Crippen LogP contribution in [0.2, 0.25) is 0 Å². The van der Waals surface area contributed by atoms with E-state index in [4.69, 9.17) is 4.98 Å². The fraction of sp³-hybridized carbons (Fsp3) is 0.393. The molecule has 0 atom stereocenters. The molecule has 2 amide bonds. The van der Waals surface area contributed by atoms with Crippen LogP contribution in [-0.2, 0) is 4.79 Å². The molecule has 1 saturated heterocycles. The molecule has 3 N–H and O–H groups in total. The van der Waals surface area contributed by atoms with Crippen LogP contribution in [0.4, 0.5) is 23.1 Å². The van der Waals surface area contributed by atoms with Gasteiger partial charge in [0.05, 0.1) is 11.4 Å². The number of aryl methyl sites for hydroxylation is 1. The Morgan fingerprint density at radius 2 is 1.82 bits per heavy atom. The molecule has 1 aliphatic rings. The highest BCUT2D eigenvalue weighted by Gasteiger charge is 2.22. The molecule has 0 saturated carbocycles. The first-order chi connectivity index (χ1) is 18.0. The second-order valence-electron chi connectivity index (χ2n) is 10.8. The first-order valence-corrected chi connectivity index (χ1v) is 12.7. The van der Waals surface area contributed by atoms with Crippen molar-refractivity contribution in [1.82, 2.24) is 24.8 Å². The van der Waals surface area contributed by atoms with Crippen LogP contribution in [0.1, 0.15) is 36.8 Å². The van der Waals surface area contributed by atoms with Gasteiger partial charge in [0.2, 0.25) is 11.9 Å². The van der Waals surface area contributed by atoms with Gasteiger partial charge in [0.15, 0.2) is 5.82 Å². The minimum Gasteiger partial charge on any atom is -0.368 e. The molecule has 3 heterocycles. The third-order valence-electron chi connectivity index (χ3n) is 6.23. The lowest BCUT2D eigenvalue weighted by Gasteiger charge is -2.32. The van der Waals surface area contributed by atoms with Crippen LogP contribution in [0.3, 0.4) is 0 Å². The SMILES string of the molecule is C=CC(=O)Nc1cc(C(=O)N2CCN(C)CC2)ccc1Nc1ncc2cc(C)nc(NCC(C)(C)C)c2n1. The highest BCUT2D eigenvalue weighted by molar-refractivity contribution is 6.03. The third kappa shape index (κ3) is 6.63. The maximum Gasteiger partial charge on any atom is 0.254 e.